The molecule has 0 saturated heterocycles. The van der Waals surface area contributed by atoms with Gasteiger partial charge in [-0.1, -0.05) is 17.7 Å². The average Bonchev–Trinajstić information content (AvgIpc) is 2.69. The summed E-state index contributed by atoms with van der Waals surface area (Å²) in [6, 6.07) is 5.15. The Bertz CT molecular complexity index is 704. The second kappa shape index (κ2) is 8.93. The zero-order valence-corrected chi connectivity index (χ0v) is 17.8. The quantitative estimate of drug-likeness (QED) is 0.462. The van der Waals surface area contributed by atoms with Gasteiger partial charge in [0, 0.05) is 19.7 Å². The molecule has 0 heterocycles. The number of amides is 1. The Labute approximate surface area is 178 Å². The summed E-state index contributed by atoms with van der Waals surface area (Å²) in [7, 11) is 0. The first-order valence-electron chi connectivity index (χ1n) is 11.1. The summed E-state index contributed by atoms with van der Waals surface area (Å²) >= 11 is 6.31. The van der Waals surface area contributed by atoms with E-state index in [1.165, 1.54) is 38.5 Å². The molecule has 4 aliphatic rings. The first-order valence-corrected chi connectivity index (χ1v) is 11.4. The number of aliphatic hydroxyl groups is 2. The van der Waals surface area contributed by atoms with Crippen LogP contribution < -0.4 is 10.6 Å². The number of benzene rings is 1. The Morgan fingerprint density at radius 2 is 1.83 bits per heavy atom. The van der Waals surface area contributed by atoms with Crippen LogP contribution in [0.4, 0.5) is 0 Å². The third-order valence-corrected chi connectivity index (χ3v) is 7.59. The molecule has 1 amide bonds. The predicted molar refractivity (Wildman–Crippen MR) is 114 cm³/mol. The predicted octanol–water partition coefficient (Wildman–Crippen LogP) is 3.29. The number of carbonyl (C=O) groups is 1. The van der Waals surface area contributed by atoms with Crippen molar-refractivity contribution in [2.45, 2.75) is 51.0 Å². The van der Waals surface area contributed by atoms with Gasteiger partial charge >= 0.3 is 0 Å². The van der Waals surface area contributed by atoms with E-state index in [2.05, 4.69) is 10.6 Å². The number of carbonyl (C=O) groups excluding carboxylic acids is 1. The number of hydrogen-bond acceptors (Lipinski definition) is 4. The van der Waals surface area contributed by atoms with Gasteiger partial charge in [-0.2, -0.15) is 0 Å². The Balaban J connectivity index is 1.37. The number of rotatable bonds is 9. The normalized spacial score (nSPS) is 31.1. The lowest BCUT2D eigenvalue weighted by molar-refractivity contribution is -0.0503. The molecule has 1 unspecified atom stereocenters. The van der Waals surface area contributed by atoms with Crippen LogP contribution in [-0.2, 0) is 0 Å². The molecule has 5 nitrogen and oxygen atoms in total. The van der Waals surface area contributed by atoms with Crippen molar-refractivity contribution >= 4 is 17.5 Å². The van der Waals surface area contributed by atoms with Crippen molar-refractivity contribution in [2.75, 3.05) is 26.2 Å². The van der Waals surface area contributed by atoms with Gasteiger partial charge in [-0.3, -0.25) is 4.79 Å². The lowest BCUT2D eigenvalue weighted by Crippen LogP contribution is -2.51. The van der Waals surface area contributed by atoms with E-state index in [1.54, 1.807) is 18.2 Å². The zero-order chi connectivity index (χ0) is 20.4. The van der Waals surface area contributed by atoms with Crippen molar-refractivity contribution in [3.05, 3.63) is 34.3 Å². The molecule has 0 aliphatic heterocycles. The van der Waals surface area contributed by atoms with E-state index in [9.17, 15) is 9.90 Å². The third-order valence-electron chi connectivity index (χ3n) is 7.26. The smallest absolute Gasteiger partial charge is 0.252 e. The Kier molecular flexibility index (Phi) is 6.50. The van der Waals surface area contributed by atoms with Crippen molar-refractivity contribution in [3.63, 3.8) is 0 Å². The Morgan fingerprint density at radius 1 is 1.17 bits per heavy atom. The average molecular weight is 421 g/mol. The molecule has 4 N–H and O–H groups in total. The first kappa shape index (κ1) is 21.1. The third kappa shape index (κ3) is 4.79. The number of hydrogen-bond donors (Lipinski definition) is 4. The molecule has 1 atom stereocenters. The summed E-state index contributed by atoms with van der Waals surface area (Å²) in [5.74, 6) is 2.43. The van der Waals surface area contributed by atoms with Gasteiger partial charge in [0.15, 0.2) is 0 Å². The Morgan fingerprint density at radius 3 is 2.45 bits per heavy atom. The number of aliphatic hydroxyl groups excluding tert-OH is 2. The molecule has 0 aromatic heterocycles. The summed E-state index contributed by atoms with van der Waals surface area (Å²) in [5, 5.41) is 25.9. The monoisotopic (exact) mass is 420 g/mol. The van der Waals surface area contributed by atoms with E-state index in [4.69, 9.17) is 16.7 Å². The molecule has 1 aromatic rings. The fourth-order valence-corrected chi connectivity index (χ4v) is 6.56. The lowest BCUT2D eigenvalue weighted by Gasteiger charge is -2.56. The summed E-state index contributed by atoms with van der Waals surface area (Å²) < 4.78 is 0. The molecule has 1 aromatic carbocycles. The lowest BCUT2D eigenvalue weighted by atomic mass is 9.49. The Hall–Kier alpha value is -1.14. The van der Waals surface area contributed by atoms with Crippen LogP contribution in [0.25, 0.3) is 0 Å². The largest absolute Gasteiger partial charge is 0.396 e. The molecule has 5 rings (SSSR count). The standard InChI is InChI=1S/C23H33ClN2O3/c24-20-3-2-18(21(28)13-25-4-1-5-27)9-19(20)22(29)26-14-23-10-15-6-16(11-23)8-17(7-15)12-23/h2-3,9,15-17,21,25,27-28H,1,4-8,10-14H2,(H,26,29). The van der Waals surface area contributed by atoms with Gasteiger partial charge in [0.05, 0.1) is 16.7 Å². The van der Waals surface area contributed by atoms with Crippen LogP contribution in [0.1, 0.15) is 67.0 Å². The highest BCUT2D eigenvalue weighted by Gasteiger charge is 2.50. The van der Waals surface area contributed by atoms with Crippen LogP contribution in [0, 0.1) is 23.2 Å². The van der Waals surface area contributed by atoms with Crippen LogP contribution in [0.15, 0.2) is 18.2 Å². The van der Waals surface area contributed by atoms with Crippen molar-refractivity contribution in [3.8, 4) is 0 Å². The van der Waals surface area contributed by atoms with Crippen LogP contribution in [0.2, 0.25) is 5.02 Å². The van der Waals surface area contributed by atoms with Gasteiger partial charge < -0.3 is 20.8 Å². The molecule has 0 radical (unpaired) electrons. The number of nitrogens with one attached hydrogen (secondary N) is 2. The van der Waals surface area contributed by atoms with Crippen molar-refractivity contribution in [2.24, 2.45) is 23.2 Å². The van der Waals surface area contributed by atoms with Crippen LogP contribution in [0.3, 0.4) is 0 Å². The summed E-state index contributed by atoms with van der Waals surface area (Å²) in [6.07, 6.45) is 7.87. The molecule has 4 aliphatic carbocycles. The van der Waals surface area contributed by atoms with Gasteiger partial charge in [0.2, 0.25) is 0 Å². The molecule has 0 spiro atoms. The minimum absolute atomic E-state index is 0.123. The van der Waals surface area contributed by atoms with Gasteiger partial charge in [-0.15, -0.1) is 0 Å². The molecule has 4 saturated carbocycles. The van der Waals surface area contributed by atoms with E-state index >= 15 is 0 Å². The maximum atomic E-state index is 12.9. The molecule has 4 fully saturated rings. The van der Waals surface area contributed by atoms with Crippen LogP contribution in [0.5, 0.6) is 0 Å². The van der Waals surface area contributed by atoms with Crippen molar-refractivity contribution in [1.29, 1.82) is 0 Å². The molecule has 4 bridgehead atoms. The maximum absolute atomic E-state index is 12.9. The van der Waals surface area contributed by atoms with Crippen molar-refractivity contribution in [1.82, 2.24) is 10.6 Å². The van der Waals surface area contributed by atoms with E-state index in [1.807, 2.05) is 0 Å². The highest BCUT2D eigenvalue weighted by molar-refractivity contribution is 6.33. The topological polar surface area (TPSA) is 81.6 Å². The van der Waals surface area contributed by atoms with Crippen LogP contribution in [-0.4, -0.2) is 42.4 Å². The van der Waals surface area contributed by atoms with Crippen molar-refractivity contribution < 1.29 is 15.0 Å². The second-order valence-electron chi connectivity index (χ2n) is 9.64. The maximum Gasteiger partial charge on any atom is 0.252 e. The molecule has 160 valence electrons. The molecular weight excluding hydrogens is 388 g/mol. The minimum atomic E-state index is -0.722. The highest BCUT2D eigenvalue weighted by Crippen LogP contribution is 2.59. The van der Waals surface area contributed by atoms with Gasteiger partial charge in [-0.05, 0) is 92.4 Å². The van der Waals surface area contributed by atoms with Gasteiger partial charge in [-0.25, -0.2) is 0 Å². The fraction of sp³-hybridized carbons (Fsp3) is 0.696. The molecular formula is C23H33ClN2O3. The zero-order valence-electron chi connectivity index (χ0n) is 17.0. The SMILES string of the molecule is O=C(NCC12CC3CC(CC(C3)C1)C2)c1cc(C(O)CNCCCO)ccc1Cl. The molecule has 29 heavy (non-hydrogen) atoms. The highest BCUT2D eigenvalue weighted by atomic mass is 35.5. The van der Waals surface area contributed by atoms with Gasteiger partial charge in [0.25, 0.3) is 5.91 Å². The van der Waals surface area contributed by atoms with E-state index in [0.29, 0.717) is 35.7 Å². The first-order chi connectivity index (χ1) is 14.0. The minimum Gasteiger partial charge on any atom is -0.396 e. The summed E-state index contributed by atoms with van der Waals surface area (Å²) in [6.45, 7) is 1.87. The summed E-state index contributed by atoms with van der Waals surface area (Å²) in [4.78, 5) is 12.9. The van der Waals surface area contributed by atoms with Crippen LogP contribution >= 0.6 is 11.6 Å². The van der Waals surface area contributed by atoms with E-state index < -0.39 is 6.10 Å². The van der Waals surface area contributed by atoms with E-state index in [-0.39, 0.29) is 17.9 Å². The second-order valence-corrected chi connectivity index (χ2v) is 10.0. The molecule has 6 heteroatoms. The fourth-order valence-electron chi connectivity index (χ4n) is 6.35. The van der Waals surface area contributed by atoms with Gasteiger partial charge in [0.1, 0.15) is 0 Å². The van der Waals surface area contributed by atoms with E-state index in [0.717, 1.165) is 24.3 Å². The number of halogens is 1. The summed E-state index contributed by atoms with van der Waals surface area (Å²) in [5.41, 5.74) is 1.39.